The van der Waals surface area contributed by atoms with Crippen LogP contribution in [0.25, 0.3) is 5.69 Å². The number of nitrogens with one attached hydrogen (secondary N) is 2. The van der Waals surface area contributed by atoms with Crippen molar-refractivity contribution in [1.29, 1.82) is 0 Å². The summed E-state index contributed by atoms with van der Waals surface area (Å²) in [5.41, 5.74) is 2.87. The Morgan fingerprint density at radius 3 is 2.61 bits per heavy atom. The van der Waals surface area contributed by atoms with Gasteiger partial charge in [0.2, 0.25) is 0 Å². The average Bonchev–Trinajstić information content (AvgIpc) is 3.27. The average molecular weight is 382 g/mol. The second-order valence-electron chi connectivity index (χ2n) is 6.88. The molecule has 0 radical (unpaired) electrons. The summed E-state index contributed by atoms with van der Waals surface area (Å²) in [5, 5.41) is 19.5. The zero-order chi connectivity index (χ0) is 19.8. The maximum Gasteiger partial charge on any atom is 0.309 e. The maximum atomic E-state index is 11.9. The lowest BCUT2D eigenvalue weighted by Gasteiger charge is -2.14. The molecule has 1 heterocycles. The summed E-state index contributed by atoms with van der Waals surface area (Å²) in [6, 6.07) is 9.03. The summed E-state index contributed by atoms with van der Waals surface area (Å²) in [6.07, 6.45) is 10.2. The van der Waals surface area contributed by atoms with Gasteiger partial charge in [-0.1, -0.05) is 23.8 Å². The van der Waals surface area contributed by atoms with E-state index in [0.717, 1.165) is 24.9 Å². The van der Waals surface area contributed by atoms with Crippen molar-refractivity contribution >= 4 is 11.8 Å². The van der Waals surface area contributed by atoms with Gasteiger partial charge in [0.1, 0.15) is 0 Å². The first-order valence-electron chi connectivity index (χ1n) is 9.65. The lowest BCUT2D eigenvalue weighted by atomic mass is 9.97. The van der Waals surface area contributed by atoms with Crippen LogP contribution < -0.4 is 10.6 Å². The van der Waals surface area contributed by atoms with Crippen LogP contribution in [-0.4, -0.2) is 39.8 Å². The number of nitrogens with zero attached hydrogens (tertiary/aromatic N) is 2. The first kappa shape index (κ1) is 19.8. The van der Waals surface area contributed by atoms with E-state index in [1.54, 1.807) is 23.0 Å². The minimum absolute atomic E-state index is 0.0292. The van der Waals surface area contributed by atoms with Crippen LogP contribution in [-0.2, 0) is 9.59 Å². The molecule has 1 aromatic heterocycles. The maximum absolute atomic E-state index is 11.9. The van der Waals surface area contributed by atoms with Crippen molar-refractivity contribution in [2.75, 3.05) is 13.1 Å². The van der Waals surface area contributed by atoms with E-state index in [4.69, 9.17) is 0 Å². The van der Waals surface area contributed by atoms with Crippen LogP contribution in [0.4, 0.5) is 0 Å². The zero-order valence-corrected chi connectivity index (χ0v) is 15.8. The van der Waals surface area contributed by atoms with Crippen molar-refractivity contribution in [1.82, 2.24) is 20.4 Å². The molecule has 148 valence electrons. The topological polar surface area (TPSA) is 96.3 Å². The third-order valence-corrected chi connectivity index (χ3v) is 4.83. The van der Waals surface area contributed by atoms with Crippen molar-refractivity contribution in [3.63, 3.8) is 0 Å². The second-order valence-corrected chi connectivity index (χ2v) is 6.88. The fourth-order valence-corrected chi connectivity index (χ4v) is 3.21. The van der Waals surface area contributed by atoms with E-state index in [0.29, 0.717) is 12.1 Å². The van der Waals surface area contributed by atoms with E-state index in [-0.39, 0.29) is 6.54 Å². The standard InChI is InChI=1S/C21H26N4O3/c26-19(17-7-9-18(10-8-17)25-14-4-12-24-25)15-23-21(28)20(27)22-13-11-16-5-2-1-3-6-16/h4-5,7-10,12,14,19,26H,1-3,6,11,13,15H2,(H,22,27)(H,23,28). The normalized spacial score (nSPS) is 14.8. The highest BCUT2D eigenvalue weighted by atomic mass is 16.3. The molecule has 1 aromatic carbocycles. The van der Waals surface area contributed by atoms with Crippen molar-refractivity contribution < 1.29 is 14.7 Å². The first-order valence-corrected chi connectivity index (χ1v) is 9.65. The number of aliphatic hydroxyl groups excluding tert-OH is 1. The van der Waals surface area contributed by atoms with Crippen molar-refractivity contribution in [2.45, 2.75) is 38.2 Å². The van der Waals surface area contributed by atoms with Crippen LogP contribution in [0.15, 0.2) is 54.4 Å². The Morgan fingerprint density at radius 1 is 1.14 bits per heavy atom. The number of hydrogen-bond acceptors (Lipinski definition) is 4. The number of benzene rings is 1. The van der Waals surface area contributed by atoms with E-state index in [2.05, 4.69) is 21.8 Å². The summed E-state index contributed by atoms with van der Waals surface area (Å²) in [7, 11) is 0. The molecule has 1 aliphatic rings. The van der Waals surface area contributed by atoms with Gasteiger partial charge in [-0.25, -0.2) is 4.68 Å². The van der Waals surface area contributed by atoms with E-state index >= 15 is 0 Å². The fraction of sp³-hybridized carbons (Fsp3) is 0.381. The number of aromatic nitrogens is 2. The summed E-state index contributed by atoms with van der Waals surface area (Å²) >= 11 is 0. The van der Waals surface area contributed by atoms with Gasteiger partial charge in [0.15, 0.2) is 0 Å². The molecule has 3 rings (SSSR count). The fourth-order valence-electron chi connectivity index (χ4n) is 3.21. The molecule has 0 fully saturated rings. The molecular formula is C21H26N4O3. The van der Waals surface area contributed by atoms with Crippen LogP contribution in [0, 0.1) is 0 Å². The smallest absolute Gasteiger partial charge is 0.309 e. The van der Waals surface area contributed by atoms with Crippen LogP contribution >= 0.6 is 0 Å². The molecule has 2 aromatic rings. The van der Waals surface area contributed by atoms with E-state index < -0.39 is 17.9 Å². The van der Waals surface area contributed by atoms with Crippen LogP contribution in [0.1, 0.15) is 43.8 Å². The number of hydrogen-bond donors (Lipinski definition) is 3. The molecule has 3 N–H and O–H groups in total. The Kier molecular flexibility index (Phi) is 6.97. The largest absolute Gasteiger partial charge is 0.387 e. The number of rotatable bonds is 7. The van der Waals surface area contributed by atoms with Gasteiger partial charge in [-0.15, -0.1) is 0 Å². The van der Waals surface area contributed by atoms with Gasteiger partial charge in [-0.3, -0.25) is 9.59 Å². The molecule has 1 aliphatic carbocycles. The molecule has 2 amide bonds. The Hall–Kier alpha value is -2.93. The first-order chi connectivity index (χ1) is 13.6. The SMILES string of the molecule is O=C(NCCC1=CCCCC1)C(=O)NCC(O)c1ccc(-n2cccn2)cc1. The molecule has 0 saturated heterocycles. The van der Waals surface area contributed by atoms with Gasteiger partial charge in [0, 0.05) is 25.5 Å². The highest BCUT2D eigenvalue weighted by molar-refractivity contribution is 6.35. The summed E-state index contributed by atoms with van der Waals surface area (Å²) in [6.45, 7) is 0.425. The molecule has 0 saturated carbocycles. The number of aliphatic hydroxyl groups is 1. The molecular weight excluding hydrogens is 356 g/mol. The molecule has 1 unspecified atom stereocenters. The number of carbonyl (C=O) groups excluding carboxylic acids is 2. The third kappa shape index (κ3) is 5.53. The van der Waals surface area contributed by atoms with Crippen molar-refractivity contribution in [3.05, 3.63) is 59.9 Å². The van der Waals surface area contributed by atoms with Gasteiger partial charge in [-0.2, -0.15) is 5.10 Å². The minimum atomic E-state index is -0.893. The summed E-state index contributed by atoms with van der Waals surface area (Å²) in [4.78, 5) is 23.8. The summed E-state index contributed by atoms with van der Waals surface area (Å²) < 4.78 is 1.71. The predicted octanol–water partition coefficient (Wildman–Crippen LogP) is 2.03. The van der Waals surface area contributed by atoms with E-state index in [9.17, 15) is 14.7 Å². The Labute approximate surface area is 164 Å². The lowest BCUT2D eigenvalue weighted by Crippen LogP contribution is -2.41. The molecule has 0 bridgehead atoms. The molecule has 0 spiro atoms. The zero-order valence-electron chi connectivity index (χ0n) is 15.8. The van der Waals surface area contributed by atoms with Gasteiger partial charge in [0.05, 0.1) is 11.8 Å². The molecule has 28 heavy (non-hydrogen) atoms. The van der Waals surface area contributed by atoms with E-state index in [1.165, 1.54) is 18.4 Å². The second kappa shape index (κ2) is 9.85. The summed E-state index contributed by atoms with van der Waals surface area (Å²) in [5.74, 6) is -1.40. The number of amides is 2. The highest BCUT2D eigenvalue weighted by Crippen LogP contribution is 2.19. The quantitative estimate of drug-likeness (QED) is 0.504. The van der Waals surface area contributed by atoms with Crippen LogP contribution in [0.5, 0.6) is 0 Å². The van der Waals surface area contributed by atoms with Gasteiger partial charge in [0.25, 0.3) is 0 Å². The molecule has 7 heteroatoms. The van der Waals surface area contributed by atoms with Gasteiger partial charge in [-0.05, 0) is 55.9 Å². The highest BCUT2D eigenvalue weighted by Gasteiger charge is 2.16. The van der Waals surface area contributed by atoms with Crippen molar-refractivity contribution in [3.8, 4) is 5.69 Å². The Bertz CT molecular complexity index is 813. The Morgan fingerprint density at radius 2 is 1.93 bits per heavy atom. The predicted molar refractivity (Wildman–Crippen MR) is 106 cm³/mol. The van der Waals surface area contributed by atoms with E-state index in [1.807, 2.05) is 24.4 Å². The molecule has 0 aliphatic heterocycles. The van der Waals surface area contributed by atoms with Crippen LogP contribution in [0.2, 0.25) is 0 Å². The lowest BCUT2D eigenvalue weighted by molar-refractivity contribution is -0.139. The monoisotopic (exact) mass is 382 g/mol. The molecule has 7 nitrogen and oxygen atoms in total. The minimum Gasteiger partial charge on any atom is -0.387 e. The van der Waals surface area contributed by atoms with Crippen molar-refractivity contribution in [2.24, 2.45) is 0 Å². The number of carbonyl (C=O) groups is 2. The molecule has 1 atom stereocenters. The van der Waals surface area contributed by atoms with Gasteiger partial charge < -0.3 is 15.7 Å². The van der Waals surface area contributed by atoms with Crippen LogP contribution in [0.3, 0.4) is 0 Å². The third-order valence-electron chi connectivity index (χ3n) is 4.83. The Balaban J connectivity index is 1.40. The van der Waals surface area contributed by atoms with Gasteiger partial charge >= 0.3 is 11.8 Å². The number of allylic oxidation sites excluding steroid dienone is 1.